The molecule has 8 heteroatoms. The number of aliphatic hydroxyl groups excluding tert-OH is 1. The lowest BCUT2D eigenvalue weighted by Gasteiger charge is -2.11. The van der Waals surface area contributed by atoms with Crippen LogP contribution in [0.4, 0.5) is 13.2 Å². The number of rotatable bonds is 5. The highest BCUT2D eigenvalue weighted by Gasteiger charge is 2.30. The molecule has 108 valence electrons. The molecule has 0 fully saturated rings. The maximum Gasteiger partial charge on any atom is 0.416 e. The zero-order valence-electron chi connectivity index (χ0n) is 10.0. The third kappa shape index (κ3) is 4.48. The van der Waals surface area contributed by atoms with Crippen LogP contribution in [-0.4, -0.2) is 39.1 Å². The highest BCUT2D eigenvalue weighted by Crippen LogP contribution is 2.29. The Hall–Kier alpha value is -1.12. The minimum absolute atomic E-state index is 0.167. The normalized spacial score (nSPS) is 14.4. The van der Waals surface area contributed by atoms with Gasteiger partial charge < -0.3 is 9.84 Å². The molecule has 4 nitrogen and oxygen atoms in total. The maximum absolute atomic E-state index is 12.3. The number of ether oxygens (including phenoxy) is 1. The monoisotopic (exact) mass is 298 g/mol. The Balaban J connectivity index is 2.91. The van der Waals surface area contributed by atoms with E-state index in [9.17, 15) is 26.7 Å². The van der Waals surface area contributed by atoms with Gasteiger partial charge in [0.15, 0.2) is 9.84 Å². The van der Waals surface area contributed by atoms with Crippen LogP contribution in [0.1, 0.15) is 5.56 Å². The number of aliphatic hydroxyl groups is 1. The quantitative estimate of drug-likeness (QED) is 0.894. The SMILES string of the molecule is COCC(O)CS(=O)(=O)c1ccc(C(F)(F)F)cc1. The zero-order chi connectivity index (χ0) is 14.7. The van der Waals surface area contributed by atoms with E-state index in [2.05, 4.69) is 4.74 Å². The molecule has 0 aromatic heterocycles. The fourth-order valence-corrected chi connectivity index (χ4v) is 2.79. The Bertz CT molecular complexity index is 508. The molecule has 0 amide bonds. The van der Waals surface area contributed by atoms with Gasteiger partial charge in [-0.15, -0.1) is 0 Å². The van der Waals surface area contributed by atoms with Crippen LogP contribution in [0.3, 0.4) is 0 Å². The Morgan fingerprint density at radius 1 is 1.26 bits per heavy atom. The molecule has 19 heavy (non-hydrogen) atoms. The molecular formula is C11H13F3O4S. The van der Waals surface area contributed by atoms with Gasteiger partial charge in [-0.3, -0.25) is 0 Å². The van der Waals surface area contributed by atoms with E-state index in [0.717, 1.165) is 12.1 Å². The topological polar surface area (TPSA) is 63.6 Å². The molecule has 1 unspecified atom stereocenters. The summed E-state index contributed by atoms with van der Waals surface area (Å²) in [5.41, 5.74) is -0.927. The van der Waals surface area contributed by atoms with Crippen molar-refractivity contribution in [2.75, 3.05) is 19.5 Å². The van der Waals surface area contributed by atoms with Gasteiger partial charge >= 0.3 is 6.18 Å². The number of benzene rings is 1. The molecular weight excluding hydrogens is 285 g/mol. The molecule has 1 atom stereocenters. The van der Waals surface area contributed by atoms with Crippen LogP contribution >= 0.6 is 0 Å². The molecule has 1 aromatic rings. The van der Waals surface area contributed by atoms with Gasteiger partial charge in [0.25, 0.3) is 0 Å². The van der Waals surface area contributed by atoms with Crippen LogP contribution < -0.4 is 0 Å². The van der Waals surface area contributed by atoms with Crippen molar-refractivity contribution >= 4 is 9.84 Å². The van der Waals surface area contributed by atoms with Crippen molar-refractivity contribution in [2.45, 2.75) is 17.2 Å². The van der Waals surface area contributed by atoms with Gasteiger partial charge in [0.1, 0.15) is 0 Å². The summed E-state index contributed by atoms with van der Waals surface area (Å²) in [6, 6.07) is 3.13. The van der Waals surface area contributed by atoms with Crippen molar-refractivity contribution in [1.82, 2.24) is 0 Å². The van der Waals surface area contributed by atoms with Crippen molar-refractivity contribution < 1.29 is 31.4 Å². The van der Waals surface area contributed by atoms with Gasteiger partial charge in [0, 0.05) is 7.11 Å². The number of alkyl halides is 3. The molecule has 0 aliphatic heterocycles. The largest absolute Gasteiger partial charge is 0.416 e. The second kappa shape index (κ2) is 5.89. The molecule has 0 spiro atoms. The Morgan fingerprint density at radius 2 is 1.79 bits per heavy atom. The van der Waals surface area contributed by atoms with Crippen molar-refractivity contribution in [3.8, 4) is 0 Å². The average molecular weight is 298 g/mol. The van der Waals surface area contributed by atoms with Crippen LogP contribution in [0.25, 0.3) is 0 Å². The number of hydrogen-bond acceptors (Lipinski definition) is 4. The minimum atomic E-state index is -4.52. The van der Waals surface area contributed by atoms with Crippen molar-refractivity contribution in [3.63, 3.8) is 0 Å². The fourth-order valence-electron chi connectivity index (χ4n) is 1.44. The summed E-state index contributed by atoms with van der Waals surface area (Å²) in [6.07, 6.45) is -5.74. The third-order valence-corrected chi connectivity index (χ3v) is 4.13. The van der Waals surface area contributed by atoms with E-state index < -0.39 is 33.4 Å². The lowest BCUT2D eigenvalue weighted by molar-refractivity contribution is -0.137. The van der Waals surface area contributed by atoms with Gasteiger partial charge in [-0.1, -0.05) is 0 Å². The summed E-state index contributed by atoms with van der Waals surface area (Å²) in [5, 5.41) is 9.35. The minimum Gasteiger partial charge on any atom is -0.390 e. The lowest BCUT2D eigenvalue weighted by Crippen LogP contribution is -2.25. The molecule has 1 rings (SSSR count). The van der Waals surface area contributed by atoms with E-state index in [-0.39, 0.29) is 11.5 Å². The molecule has 0 saturated carbocycles. The lowest BCUT2D eigenvalue weighted by atomic mass is 10.2. The number of halogens is 3. The molecule has 0 aliphatic carbocycles. The fraction of sp³-hybridized carbons (Fsp3) is 0.455. The van der Waals surface area contributed by atoms with Gasteiger partial charge in [-0.2, -0.15) is 13.2 Å². The predicted octanol–water partition coefficient (Wildman–Crippen LogP) is 1.49. The molecule has 0 heterocycles. The van der Waals surface area contributed by atoms with E-state index in [1.165, 1.54) is 7.11 Å². The van der Waals surface area contributed by atoms with Crippen LogP contribution in [0.15, 0.2) is 29.2 Å². The van der Waals surface area contributed by atoms with Crippen LogP contribution in [0, 0.1) is 0 Å². The summed E-state index contributed by atoms with van der Waals surface area (Å²) < 4.78 is 65.1. The predicted molar refractivity (Wildman–Crippen MR) is 61.4 cm³/mol. The molecule has 1 N–H and O–H groups in total. The summed E-state index contributed by atoms with van der Waals surface area (Å²) in [4.78, 5) is -0.268. The molecule has 0 aliphatic rings. The third-order valence-electron chi connectivity index (χ3n) is 2.31. The second-order valence-electron chi connectivity index (χ2n) is 3.91. The van der Waals surface area contributed by atoms with E-state index in [4.69, 9.17) is 0 Å². The number of methoxy groups -OCH3 is 1. The van der Waals surface area contributed by atoms with Gasteiger partial charge in [0.05, 0.1) is 28.9 Å². The highest BCUT2D eigenvalue weighted by molar-refractivity contribution is 7.91. The van der Waals surface area contributed by atoms with Crippen LogP contribution in [0.5, 0.6) is 0 Å². The Kier molecular flexibility index (Phi) is 4.94. The van der Waals surface area contributed by atoms with Gasteiger partial charge in [0.2, 0.25) is 0 Å². The first kappa shape index (κ1) is 15.9. The standard InChI is InChI=1S/C11H13F3O4S/c1-18-6-9(15)7-19(16,17)10-4-2-8(3-5-10)11(12,13)14/h2-5,9,15H,6-7H2,1H3. The van der Waals surface area contributed by atoms with Crippen LogP contribution in [0.2, 0.25) is 0 Å². The zero-order valence-corrected chi connectivity index (χ0v) is 10.8. The first-order chi connectivity index (χ1) is 8.66. The van der Waals surface area contributed by atoms with Crippen molar-refractivity contribution in [1.29, 1.82) is 0 Å². The summed E-state index contributed by atoms with van der Waals surface area (Å²) in [6.45, 7) is -0.167. The maximum atomic E-state index is 12.3. The summed E-state index contributed by atoms with van der Waals surface area (Å²) >= 11 is 0. The average Bonchev–Trinajstić information content (AvgIpc) is 2.27. The Morgan fingerprint density at radius 3 is 2.21 bits per heavy atom. The highest BCUT2D eigenvalue weighted by atomic mass is 32.2. The Labute approximate surface area is 108 Å². The van der Waals surface area contributed by atoms with Crippen molar-refractivity contribution in [3.05, 3.63) is 29.8 Å². The number of sulfone groups is 1. The molecule has 1 aromatic carbocycles. The van der Waals surface area contributed by atoms with Crippen molar-refractivity contribution in [2.24, 2.45) is 0 Å². The van der Waals surface area contributed by atoms with Gasteiger partial charge in [-0.05, 0) is 24.3 Å². The summed E-state index contributed by atoms with van der Waals surface area (Å²) in [7, 11) is -2.54. The molecule has 0 radical (unpaired) electrons. The van der Waals surface area contributed by atoms with E-state index in [1.807, 2.05) is 0 Å². The molecule has 0 bridgehead atoms. The second-order valence-corrected chi connectivity index (χ2v) is 5.95. The molecule has 0 saturated heterocycles. The van der Waals surface area contributed by atoms with E-state index in [1.54, 1.807) is 0 Å². The first-order valence-electron chi connectivity index (χ1n) is 5.24. The summed E-state index contributed by atoms with van der Waals surface area (Å²) in [5.74, 6) is -0.605. The van der Waals surface area contributed by atoms with Gasteiger partial charge in [-0.25, -0.2) is 8.42 Å². The number of hydrogen-bond donors (Lipinski definition) is 1. The smallest absolute Gasteiger partial charge is 0.390 e. The van der Waals surface area contributed by atoms with E-state index in [0.29, 0.717) is 12.1 Å². The first-order valence-corrected chi connectivity index (χ1v) is 6.89. The van der Waals surface area contributed by atoms with Crippen LogP contribution in [-0.2, 0) is 20.8 Å². The van der Waals surface area contributed by atoms with E-state index >= 15 is 0 Å².